The first-order valence-corrected chi connectivity index (χ1v) is 5.12. The molecular formula is C7H6IN3S. The molecule has 0 saturated carbocycles. The lowest BCUT2D eigenvalue weighted by Gasteiger charge is -1.89. The van der Waals surface area contributed by atoms with Gasteiger partial charge in [-0.3, -0.25) is 2.78 Å². The summed E-state index contributed by atoms with van der Waals surface area (Å²) in [6.45, 7) is 0. The van der Waals surface area contributed by atoms with Crippen molar-refractivity contribution in [2.75, 3.05) is 0 Å². The molecule has 62 valence electrons. The molecular weight excluding hydrogens is 285 g/mol. The minimum atomic E-state index is 0.830. The summed E-state index contributed by atoms with van der Waals surface area (Å²) in [5.74, 6) is 5.22. The van der Waals surface area contributed by atoms with E-state index in [1.807, 2.05) is 21.0 Å². The highest BCUT2D eigenvalue weighted by atomic mass is 127. The van der Waals surface area contributed by atoms with E-state index in [9.17, 15) is 0 Å². The Hall–Kier alpha value is -0.560. The summed E-state index contributed by atoms with van der Waals surface area (Å²) in [6.07, 6.45) is 0. The average Bonchev–Trinajstić information content (AvgIpc) is 2.44. The van der Waals surface area contributed by atoms with Crippen molar-refractivity contribution in [3.8, 4) is 0 Å². The third-order valence-corrected chi connectivity index (χ3v) is 3.90. The molecule has 1 aromatic heterocycles. The lowest BCUT2D eigenvalue weighted by Crippen LogP contribution is -2.07. The Balaban J connectivity index is 2.98. The molecule has 0 aliphatic carbocycles. The Morgan fingerprint density at radius 2 is 2.17 bits per heavy atom. The quantitative estimate of drug-likeness (QED) is 0.448. The molecule has 2 aromatic rings. The van der Waals surface area contributed by atoms with Crippen molar-refractivity contribution in [2.24, 2.45) is 10.9 Å². The van der Waals surface area contributed by atoms with Gasteiger partial charge in [0.2, 0.25) is 4.80 Å². The van der Waals surface area contributed by atoms with Gasteiger partial charge in [0.05, 0.1) is 33.1 Å². The molecule has 0 saturated heterocycles. The molecule has 0 unspecified atom stereocenters. The van der Waals surface area contributed by atoms with Gasteiger partial charge < -0.3 is 5.84 Å². The van der Waals surface area contributed by atoms with E-state index in [1.165, 1.54) is 4.70 Å². The van der Waals surface area contributed by atoms with Crippen molar-refractivity contribution in [3.05, 3.63) is 29.1 Å². The lowest BCUT2D eigenvalue weighted by molar-refractivity contribution is 1.10. The topological polar surface area (TPSA) is 43.3 Å². The van der Waals surface area contributed by atoms with Gasteiger partial charge in [0.15, 0.2) is 0 Å². The van der Waals surface area contributed by atoms with Crippen LogP contribution in [0.3, 0.4) is 0 Å². The number of halogens is 1. The smallest absolute Gasteiger partial charge is 0.217 e. The fraction of sp³-hybridized carbons (Fsp3) is 0. The Labute approximate surface area is 87.0 Å². The van der Waals surface area contributed by atoms with Crippen LogP contribution in [0.5, 0.6) is 0 Å². The summed E-state index contributed by atoms with van der Waals surface area (Å²) in [7, 11) is 0. The van der Waals surface area contributed by atoms with Gasteiger partial charge in [-0.15, -0.1) is 0 Å². The molecule has 1 heterocycles. The molecule has 5 heteroatoms. The normalized spacial score (nSPS) is 12.6. The van der Waals surface area contributed by atoms with Gasteiger partial charge >= 0.3 is 0 Å². The van der Waals surface area contributed by atoms with Crippen LogP contribution in [-0.2, 0) is 0 Å². The first kappa shape index (κ1) is 8.06. The van der Waals surface area contributed by atoms with Crippen LogP contribution in [0.4, 0.5) is 0 Å². The molecule has 1 aromatic carbocycles. The standard InChI is InChI=1S/C7H6IN3S/c8-11-5-3-1-2-4-6(5)12-7(11)10-9/h1-4H,9H2/b10-7-. The number of fused-ring (bicyclic) bond motifs is 1. The van der Waals surface area contributed by atoms with Gasteiger partial charge in [0.25, 0.3) is 0 Å². The number of nitrogens with two attached hydrogens (primary N) is 1. The molecule has 0 aliphatic heterocycles. The van der Waals surface area contributed by atoms with E-state index in [0.29, 0.717) is 0 Å². The highest BCUT2D eigenvalue weighted by Crippen LogP contribution is 2.17. The third kappa shape index (κ3) is 1.13. The van der Waals surface area contributed by atoms with Crippen LogP contribution in [-0.4, -0.2) is 2.78 Å². The number of benzene rings is 1. The van der Waals surface area contributed by atoms with Crippen LogP contribution in [0.25, 0.3) is 10.2 Å². The van der Waals surface area contributed by atoms with Crippen molar-refractivity contribution >= 4 is 44.4 Å². The van der Waals surface area contributed by atoms with Crippen LogP contribution >= 0.6 is 34.2 Å². The van der Waals surface area contributed by atoms with Crippen LogP contribution in [0, 0.1) is 0 Å². The second kappa shape index (κ2) is 3.06. The van der Waals surface area contributed by atoms with Gasteiger partial charge in [0.1, 0.15) is 0 Å². The monoisotopic (exact) mass is 291 g/mol. The number of para-hydroxylation sites is 1. The van der Waals surface area contributed by atoms with Gasteiger partial charge in [-0.2, -0.15) is 5.10 Å². The predicted octanol–water partition coefficient (Wildman–Crippen LogP) is 1.68. The fourth-order valence-electron chi connectivity index (χ4n) is 1.02. The molecule has 2 rings (SSSR count). The molecule has 0 bridgehead atoms. The number of nitrogens with zero attached hydrogens (tertiary/aromatic N) is 2. The SMILES string of the molecule is N/N=c1\sc2ccccc2n1I. The summed E-state index contributed by atoms with van der Waals surface area (Å²) in [6, 6.07) is 8.12. The molecule has 0 aliphatic rings. The van der Waals surface area contributed by atoms with Crippen molar-refractivity contribution < 1.29 is 0 Å². The Bertz CT molecular complexity index is 471. The molecule has 0 radical (unpaired) electrons. The summed E-state index contributed by atoms with van der Waals surface area (Å²) in [5, 5.41) is 3.68. The third-order valence-electron chi connectivity index (χ3n) is 1.56. The summed E-state index contributed by atoms with van der Waals surface area (Å²) in [5.41, 5.74) is 1.16. The number of hydrogen-bond acceptors (Lipinski definition) is 3. The zero-order chi connectivity index (χ0) is 8.55. The number of rotatable bonds is 0. The van der Waals surface area contributed by atoms with Gasteiger partial charge in [-0.25, -0.2) is 0 Å². The van der Waals surface area contributed by atoms with E-state index >= 15 is 0 Å². The molecule has 2 N–H and O–H groups in total. The van der Waals surface area contributed by atoms with Crippen LogP contribution < -0.4 is 10.6 Å². The Morgan fingerprint density at radius 1 is 1.42 bits per heavy atom. The lowest BCUT2D eigenvalue weighted by atomic mass is 10.3. The van der Waals surface area contributed by atoms with E-state index < -0.39 is 0 Å². The van der Waals surface area contributed by atoms with Crippen molar-refractivity contribution in [1.29, 1.82) is 0 Å². The summed E-state index contributed by atoms with van der Waals surface area (Å²) in [4.78, 5) is 0.830. The number of aromatic nitrogens is 1. The molecule has 0 fully saturated rings. The van der Waals surface area contributed by atoms with E-state index in [2.05, 4.69) is 34.0 Å². The molecule has 0 spiro atoms. The van der Waals surface area contributed by atoms with Gasteiger partial charge in [0, 0.05) is 0 Å². The van der Waals surface area contributed by atoms with E-state index in [-0.39, 0.29) is 0 Å². The van der Waals surface area contributed by atoms with Crippen molar-refractivity contribution in [2.45, 2.75) is 0 Å². The van der Waals surface area contributed by atoms with E-state index in [0.717, 1.165) is 10.3 Å². The number of thiazole rings is 1. The fourth-order valence-corrected chi connectivity index (χ4v) is 2.87. The Morgan fingerprint density at radius 3 is 2.83 bits per heavy atom. The zero-order valence-corrected chi connectivity index (χ0v) is 9.04. The van der Waals surface area contributed by atoms with E-state index in [1.54, 1.807) is 11.3 Å². The maximum Gasteiger partial charge on any atom is 0.217 e. The largest absolute Gasteiger partial charge is 0.320 e. The van der Waals surface area contributed by atoms with E-state index in [4.69, 9.17) is 5.84 Å². The first-order chi connectivity index (χ1) is 5.83. The van der Waals surface area contributed by atoms with Gasteiger partial charge in [-0.05, 0) is 12.1 Å². The van der Waals surface area contributed by atoms with Crippen molar-refractivity contribution in [1.82, 2.24) is 2.78 Å². The van der Waals surface area contributed by atoms with Crippen LogP contribution in [0.15, 0.2) is 29.4 Å². The minimum absolute atomic E-state index is 0.830. The minimum Gasteiger partial charge on any atom is -0.320 e. The predicted molar refractivity (Wildman–Crippen MR) is 59.0 cm³/mol. The van der Waals surface area contributed by atoms with Crippen molar-refractivity contribution in [3.63, 3.8) is 0 Å². The number of hydrogen-bond donors (Lipinski definition) is 1. The van der Waals surface area contributed by atoms with Crippen LogP contribution in [0.1, 0.15) is 0 Å². The average molecular weight is 291 g/mol. The maximum atomic E-state index is 5.22. The molecule has 3 nitrogen and oxygen atoms in total. The van der Waals surface area contributed by atoms with Crippen LogP contribution in [0.2, 0.25) is 0 Å². The molecule has 12 heavy (non-hydrogen) atoms. The Kier molecular flexibility index (Phi) is 2.05. The highest BCUT2D eigenvalue weighted by Gasteiger charge is 2.00. The second-order valence-corrected chi connectivity index (χ2v) is 4.24. The van der Waals surface area contributed by atoms with Gasteiger partial charge in [-0.1, -0.05) is 23.5 Å². The highest BCUT2D eigenvalue weighted by molar-refractivity contribution is 14.1. The molecule has 0 atom stereocenters. The molecule has 0 amide bonds. The second-order valence-electron chi connectivity index (χ2n) is 2.26. The summed E-state index contributed by atoms with van der Waals surface area (Å²) < 4.78 is 3.16. The maximum absolute atomic E-state index is 5.22. The summed E-state index contributed by atoms with van der Waals surface area (Å²) >= 11 is 3.77. The first-order valence-electron chi connectivity index (χ1n) is 3.33. The zero-order valence-electron chi connectivity index (χ0n) is 6.07.